The SMILES string of the molecule is COc1ccccc1NC(=O)C[C@@H]1C(=O)Nc2nc(-c3ccc(Cl)cc3)nn21. The zero-order chi connectivity index (χ0) is 19.7. The minimum absolute atomic E-state index is 0.0830. The highest BCUT2D eigenvalue weighted by molar-refractivity contribution is 6.30. The van der Waals surface area contributed by atoms with Crippen LogP contribution in [0.15, 0.2) is 48.5 Å². The molecule has 4 rings (SSSR count). The molecule has 28 heavy (non-hydrogen) atoms. The van der Waals surface area contributed by atoms with Gasteiger partial charge in [-0.25, -0.2) is 4.68 Å². The monoisotopic (exact) mass is 397 g/mol. The molecule has 0 bridgehead atoms. The minimum Gasteiger partial charge on any atom is -0.495 e. The van der Waals surface area contributed by atoms with Crippen LogP contribution in [0.25, 0.3) is 11.4 Å². The summed E-state index contributed by atoms with van der Waals surface area (Å²) >= 11 is 5.91. The maximum absolute atomic E-state index is 12.5. The maximum atomic E-state index is 12.5. The number of aromatic nitrogens is 3. The van der Waals surface area contributed by atoms with Gasteiger partial charge in [0.2, 0.25) is 11.9 Å². The summed E-state index contributed by atoms with van der Waals surface area (Å²) < 4.78 is 6.66. The van der Waals surface area contributed by atoms with E-state index in [1.165, 1.54) is 11.8 Å². The lowest BCUT2D eigenvalue weighted by Gasteiger charge is -2.12. The number of amides is 2. The molecule has 8 nitrogen and oxygen atoms in total. The highest BCUT2D eigenvalue weighted by atomic mass is 35.5. The Balaban J connectivity index is 1.52. The Kier molecular flexibility index (Phi) is 4.70. The molecule has 2 N–H and O–H groups in total. The average Bonchev–Trinajstić information content (AvgIpc) is 3.21. The average molecular weight is 398 g/mol. The van der Waals surface area contributed by atoms with Gasteiger partial charge in [0.25, 0.3) is 5.91 Å². The molecule has 1 aromatic heterocycles. The van der Waals surface area contributed by atoms with E-state index in [2.05, 4.69) is 20.7 Å². The summed E-state index contributed by atoms with van der Waals surface area (Å²) in [6.07, 6.45) is -0.0830. The fourth-order valence-corrected chi connectivity index (χ4v) is 3.08. The number of nitrogens with zero attached hydrogens (tertiary/aromatic N) is 3. The lowest BCUT2D eigenvalue weighted by atomic mass is 10.2. The van der Waals surface area contributed by atoms with Gasteiger partial charge in [0.1, 0.15) is 11.8 Å². The molecule has 0 spiro atoms. The van der Waals surface area contributed by atoms with Crippen molar-refractivity contribution in [1.82, 2.24) is 14.8 Å². The summed E-state index contributed by atoms with van der Waals surface area (Å²) in [5.74, 6) is 0.638. The number of carbonyl (C=O) groups excluding carboxylic acids is 2. The molecule has 2 aromatic carbocycles. The predicted octanol–water partition coefficient (Wildman–Crippen LogP) is 3.13. The molecule has 1 aliphatic heterocycles. The Hall–Kier alpha value is -3.39. The normalized spacial score (nSPS) is 15.1. The maximum Gasteiger partial charge on any atom is 0.252 e. The van der Waals surface area contributed by atoms with Gasteiger partial charge in [-0.2, -0.15) is 4.98 Å². The van der Waals surface area contributed by atoms with Crippen LogP contribution in [0.2, 0.25) is 5.02 Å². The predicted molar refractivity (Wildman–Crippen MR) is 104 cm³/mol. The van der Waals surface area contributed by atoms with Crippen LogP contribution >= 0.6 is 11.6 Å². The van der Waals surface area contributed by atoms with Gasteiger partial charge in [-0.05, 0) is 36.4 Å². The molecule has 0 unspecified atom stereocenters. The second-order valence-electron chi connectivity index (χ2n) is 6.17. The Bertz CT molecular complexity index is 1050. The van der Waals surface area contributed by atoms with Gasteiger partial charge in [-0.3, -0.25) is 14.9 Å². The molecule has 0 saturated carbocycles. The highest BCUT2D eigenvalue weighted by Crippen LogP contribution is 2.30. The van der Waals surface area contributed by atoms with Crippen molar-refractivity contribution in [3.05, 3.63) is 53.6 Å². The van der Waals surface area contributed by atoms with Crippen LogP contribution in [0.5, 0.6) is 5.75 Å². The van der Waals surface area contributed by atoms with Gasteiger partial charge >= 0.3 is 0 Å². The minimum atomic E-state index is -0.779. The summed E-state index contributed by atoms with van der Waals surface area (Å²) in [5, 5.41) is 10.4. The highest BCUT2D eigenvalue weighted by Gasteiger charge is 2.35. The van der Waals surface area contributed by atoms with E-state index in [4.69, 9.17) is 16.3 Å². The Morgan fingerprint density at radius 1 is 1.25 bits per heavy atom. The summed E-state index contributed by atoms with van der Waals surface area (Å²) in [6.45, 7) is 0. The molecular weight excluding hydrogens is 382 g/mol. The second kappa shape index (κ2) is 7.32. The molecule has 0 saturated heterocycles. The van der Waals surface area contributed by atoms with E-state index in [-0.39, 0.29) is 18.2 Å². The van der Waals surface area contributed by atoms with Crippen LogP contribution in [0.1, 0.15) is 12.5 Å². The molecule has 2 heterocycles. The smallest absolute Gasteiger partial charge is 0.252 e. The number of methoxy groups -OCH3 is 1. The quantitative estimate of drug-likeness (QED) is 0.689. The van der Waals surface area contributed by atoms with Crippen molar-refractivity contribution in [1.29, 1.82) is 0 Å². The Morgan fingerprint density at radius 3 is 2.75 bits per heavy atom. The third kappa shape index (κ3) is 3.41. The molecular formula is C19H16ClN5O3. The van der Waals surface area contributed by atoms with Crippen molar-refractivity contribution in [2.75, 3.05) is 17.7 Å². The zero-order valence-corrected chi connectivity index (χ0v) is 15.6. The van der Waals surface area contributed by atoms with Crippen LogP contribution < -0.4 is 15.4 Å². The number of hydrogen-bond donors (Lipinski definition) is 2. The van der Waals surface area contributed by atoms with Crippen molar-refractivity contribution in [3.63, 3.8) is 0 Å². The van der Waals surface area contributed by atoms with Crippen LogP contribution in [-0.2, 0) is 9.59 Å². The van der Waals surface area contributed by atoms with Gasteiger partial charge in [-0.15, -0.1) is 5.10 Å². The van der Waals surface area contributed by atoms with Crippen molar-refractivity contribution < 1.29 is 14.3 Å². The second-order valence-corrected chi connectivity index (χ2v) is 6.60. The van der Waals surface area contributed by atoms with Gasteiger partial charge in [0.05, 0.1) is 19.2 Å². The number of ether oxygens (including phenoxy) is 1. The van der Waals surface area contributed by atoms with E-state index in [1.54, 1.807) is 48.5 Å². The van der Waals surface area contributed by atoms with Gasteiger partial charge in [0, 0.05) is 10.6 Å². The van der Waals surface area contributed by atoms with Crippen LogP contribution in [0.3, 0.4) is 0 Å². The van der Waals surface area contributed by atoms with Crippen molar-refractivity contribution >= 4 is 35.1 Å². The van der Waals surface area contributed by atoms with Crippen molar-refractivity contribution in [3.8, 4) is 17.1 Å². The number of fused-ring (bicyclic) bond motifs is 1. The fourth-order valence-electron chi connectivity index (χ4n) is 2.96. The standard InChI is InChI=1S/C19H16ClN5O3/c1-28-15-5-3-2-4-13(15)21-16(26)10-14-18(27)23-19-22-17(24-25(14)19)11-6-8-12(20)9-7-11/h2-9,14H,10H2,1H3,(H,21,26)(H,22,23,24,27)/t14-/m1/s1. The number of hydrogen-bond acceptors (Lipinski definition) is 5. The topological polar surface area (TPSA) is 98.1 Å². The number of halogens is 1. The molecule has 142 valence electrons. The third-order valence-corrected chi connectivity index (χ3v) is 4.58. The third-order valence-electron chi connectivity index (χ3n) is 4.33. The first-order chi connectivity index (χ1) is 13.5. The van der Waals surface area contributed by atoms with E-state index in [0.717, 1.165) is 5.56 Å². The Labute approximate surface area is 165 Å². The van der Waals surface area contributed by atoms with E-state index < -0.39 is 6.04 Å². The van der Waals surface area contributed by atoms with Gasteiger partial charge < -0.3 is 10.1 Å². The van der Waals surface area contributed by atoms with Crippen LogP contribution in [0.4, 0.5) is 11.6 Å². The molecule has 3 aromatic rings. The first-order valence-corrected chi connectivity index (χ1v) is 8.89. The number of para-hydroxylation sites is 2. The molecule has 0 fully saturated rings. The largest absolute Gasteiger partial charge is 0.495 e. The molecule has 2 amide bonds. The number of nitrogens with one attached hydrogen (secondary N) is 2. The molecule has 0 radical (unpaired) electrons. The van der Waals surface area contributed by atoms with E-state index in [0.29, 0.717) is 28.2 Å². The van der Waals surface area contributed by atoms with Gasteiger partial charge in [0.15, 0.2) is 5.82 Å². The molecule has 0 aliphatic carbocycles. The van der Waals surface area contributed by atoms with Gasteiger partial charge in [-0.1, -0.05) is 23.7 Å². The summed E-state index contributed by atoms with van der Waals surface area (Å²) in [6, 6.07) is 13.3. The summed E-state index contributed by atoms with van der Waals surface area (Å²) in [5.41, 5.74) is 1.30. The summed E-state index contributed by atoms with van der Waals surface area (Å²) in [4.78, 5) is 29.1. The molecule has 9 heteroatoms. The number of carbonyl (C=O) groups is 2. The number of rotatable bonds is 5. The number of anilines is 2. The van der Waals surface area contributed by atoms with Crippen LogP contribution in [-0.4, -0.2) is 33.7 Å². The lowest BCUT2D eigenvalue weighted by Crippen LogP contribution is -2.24. The van der Waals surface area contributed by atoms with Crippen LogP contribution in [0, 0.1) is 0 Å². The van der Waals surface area contributed by atoms with Crippen molar-refractivity contribution in [2.24, 2.45) is 0 Å². The Morgan fingerprint density at radius 2 is 2.00 bits per heavy atom. The van der Waals surface area contributed by atoms with Crippen molar-refractivity contribution in [2.45, 2.75) is 12.5 Å². The number of benzene rings is 2. The first-order valence-electron chi connectivity index (χ1n) is 8.51. The lowest BCUT2D eigenvalue weighted by molar-refractivity contribution is -0.123. The first kappa shape index (κ1) is 18.0. The van der Waals surface area contributed by atoms with E-state index in [1.807, 2.05) is 0 Å². The summed E-state index contributed by atoms with van der Waals surface area (Å²) in [7, 11) is 1.52. The van der Waals surface area contributed by atoms with E-state index >= 15 is 0 Å². The molecule has 1 atom stereocenters. The fraction of sp³-hybridized carbons (Fsp3) is 0.158. The zero-order valence-electron chi connectivity index (χ0n) is 14.8. The van der Waals surface area contributed by atoms with E-state index in [9.17, 15) is 9.59 Å². The molecule has 1 aliphatic rings.